The number of morpholine rings is 1. The van der Waals surface area contributed by atoms with Crippen LogP contribution in [0.1, 0.15) is 17.2 Å². The lowest BCUT2D eigenvalue weighted by Crippen LogP contribution is -2.44. The standard InChI is InChI=1S/C22H28N2O4/c1-17-3-5-18(6-4-17)21(24-11-13-27-14-12-24)15-23-22(25)16-28-20-9-7-19(26-2)8-10-20/h3-10,21H,11-16H2,1-2H3,(H,23,25)/t21-/m0/s1. The number of ether oxygens (including phenoxy) is 3. The first-order valence-electron chi connectivity index (χ1n) is 9.57. The summed E-state index contributed by atoms with van der Waals surface area (Å²) >= 11 is 0. The van der Waals surface area contributed by atoms with Crippen LogP contribution in [-0.2, 0) is 9.53 Å². The molecule has 0 spiro atoms. The molecule has 150 valence electrons. The maximum Gasteiger partial charge on any atom is 0.258 e. The van der Waals surface area contributed by atoms with E-state index < -0.39 is 0 Å². The van der Waals surface area contributed by atoms with Gasteiger partial charge in [-0.15, -0.1) is 0 Å². The van der Waals surface area contributed by atoms with Gasteiger partial charge in [-0.05, 0) is 36.8 Å². The van der Waals surface area contributed by atoms with E-state index in [0.717, 1.165) is 32.1 Å². The Labute approximate surface area is 166 Å². The molecule has 1 atom stereocenters. The van der Waals surface area contributed by atoms with Gasteiger partial charge in [0.05, 0.1) is 26.4 Å². The van der Waals surface area contributed by atoms with E-state index in [1.165, 1.54) is 11.1 Å². The zero-order chi connectivity index (χ0) is 19.8. The Balaban J connectivity index is 1.55. The van der Waals surface area contributed by atoms with Gasteiger partial charge in [-0.2, -0.15) is 0 Å². The Kier molecular flexibility index (Phi) is 7.28. The number of amides is 1. The average molecular weight is 384 g/mol. The number of nitrogens with zero attached hydrogens (tertiary/aromatic N) is 1. The Hall–Kier alpha value is -2.57. The molecule has 1 saturated heterocycles. The number of carbonyl (C=O) groups excluding carboxylic acids is 1. The minimum atomic E-state index is -0.138. The molecule has 0 aromatic heterocycles. The van der Waals surface area contributed by atoms with Gasteiger partial charge in [0, 0.05) is 19.6 Å². The topological polar surface area (TPSA) is 60.0 Å². The molecule has 28 heavy (non-hydrogen) atoms. The van der Waals surface area contributed by atoms with Gasteiger partial charge in [0.2, 0.25) is 0 Å². The number of benzene rings is 2. The van der Waals surface area contributed by atoms with Crippen molar-refractivity contribution in [2.75, 3.05) is 46.6 Å². The predicted octanol–water partition coefficient (Wildman–Crippen LogP) is 2.57. The van der Waals surface area contributed by atoms with Crippen LogP contribution >= 0.6 is 0 Å². The van der Waals surface area contributed by atoms with Gasteiger partial charge in [0.15, 0.2) is 6.61 Å². The lowest BCUT2D eigenvalue weighted by Gasteiger charge is -2.35. The van der Waals surface area contributed by atoms with E-state index in [1.807, 2.05) is 0 Å². The fraction of sp³-hybridized carbons (Fsp3) is 0.409. The quantitative estimate of drug-likeness (QED) is 0.758. The van der Waals surface area contributed by atoms with Crippen molar-refractivity contribution in [2.45, 2.75) is 13.0 Å². The number of methoxy groups -OCH3 is 1. The summed E-state index contributed by atoms with van der Waals surface area (Å²) in [5.74, 6) is 1.25. The predicted molar refractivity (Wildman–Crippen MR) is 108 cm³/mol. The SMILES string of the molecule is COc1ccc(OCC(=O)NC[C@@H](c2ccc(C)cc2)N2CCOCC2)cc1. The van der Waals surface area contributed by atoms with Crippen molar-refractivity contribution in [3.8, 4) is 11.5 Å². The first-order valence-corrected chi connectivity index (χ1v) is 9.57. The summed E-state index contributed by atoms with van der Waals surface area (Å²) in [6.07, 6.45) is 0. The molecule has 1 aliphatic heterocycles. The molecule has 0 unspecified atom stereocenters. The third-order valence-electron chi connectivity index (χ3n) is 4.87. The highest BCUT2D eigenvalue weighted by molar-refractivity contribution is 5.77. The van der Waals surface area contributed by atoms with Crippen molar-refractivity contribution in [3.05, 3.63) is 59.7 Å². The smallest absolute Gasteiger partial charge is 0.258 e. The highest BCUT2D eigenvalue weighted by Crippen LogP contribution is 2.22. The minimum Gasteiger partial charge on any atom is -0.497 e. The van der Waals surface area contributed by atoms with E-state index in [-0.39, 0.29) is 18.6 Å². The zero-order valence-corrected chi connectivity index (χ0v) is 16.5. The van der Waals surface area contributed by atoms with Crippen molar-refractivity contribution in [2.24, 2.45) is 0 Å². The number of hydrogen-bond donors (Lipinski definition) is 1. The van der Waals surface area contributed by atoms with Gasteiger partial charge in [-0.3, -0.25) is 9.69 Å². The molecule has 3 rings (SSSR count). The summed E-state index contributed by atoms with van der Waals surface area (Å²) in [6.45, 7) is 5.75. The summed E-state index contributed by atoms with van der Waals surface area (Å²) in [7, 11) is 1.61. The molecule has 1 amide bonds. The fourth-order valence-corrected chi connectivity index (χ4v) is 3.22. The third kappa shape index (κ3) is 5.71. The van der Waals surface area contributed by atoms with Gasteiger partial charge >= 0.3 is 0 Å². The first-order chi connectivity index (χ1) is 13.7. The number of rotatable bonds is 8. The van der Waals surface area contributed by atoms with Crippen LogP contribution in [0.25, 0.3) is 0 Å². The van der Waals surface area contributed by atoms with Crippen LogP contribution in [0.15, 0.2) is 48.5 Å². The molecule has 0 aliphatic carbocycles. The molecule has 0 radical (unpaired) electrons. The van der Waals surface area contributed by atoms with Gasteiger partial charge in [-0.25, -0.2) is 0 Å². The molecule has 2 aromatic rings. The molecule has 0 saturated carbocycles. The van der Waals surface area contributed by atoms with Gasteiger partial charge in [0.25, 0.3) is 5.91 Å². The van der Waals surface area contributed by atoms with Crippen LogP contribution < -0.4 is 14.8 Å². The van der Waals surface area contributed by atoms with E-state index in [4.69, 9.17) is 14.2 Å². The van der Waals surface area contributed by atoms with Crippen molar-refractivity contribution in [1.29, 1.82) is 0 Å². The van der Waals surface area contributed by atoms with E-state index in [2.05, 4.69) is 41.4 Å². The Morgan fingerprint density at radius 2 is 1.71 bits per heavy atom. The molecule has 6 heteroatoms. The molecule has 2 aromatic carbocycles. The third-order valence-corrected chi connectivity index (χ3v) is 4.87. The Morgan fingerprint density at radius 3 is 2.36 bits per heavy atom. The lowest BCUT2D eigenvalue weighted by molar-refractivity contribution is -0.123. The van der Waals surface area contributed by atoms with E-state index in [1.54, 1.807) is 31.4 Å². The van der Waals surface area contributed by atoms with Crippen LogP contribution in [0.2, 0.25) is 0 Å². The maximum atomic E-state index is 12.3. The average Bonchev–Trinajstić information content (AvgIpc) is 2.75. The Morgan fingerprint density at radius 1 is 1.07 bits per heavy atom. The van der Waals surface area contributed by atoms with Gasteiger partial charge in [-0.1, -0.05) is 29.8 Å². The molecule has 0 bridgehead atoms. The van der Waals surface area contributed by atoms with E-state index >= 15 is 0 Å². The summed E-state index contributed by atoms with van der Waals surface area (Å²) in [5, 5.41) is 3.01. The van der Waals surface area contributed by atoms with Crippen LogP contribution in [0.3, 0.4) is 0 Å². The van der Waals surface area contributed by atoms with Crippen molar-refractivity contribution < 1.29 is 19.0 Å². The second kappa shape index (κ2) is 10.1. The van der Waals surface area contributed by atoms with Crippen LogP contribution in [0.4, 0.5) is 0 Å². The second-order valence-corrected chi connectivity index (χ2v) is 6.84. The molecule has 6 nitrogen and oxygen atoms in total. The summed E-state index contributed by atoms with van der Waals surface area (Å²) in [4.78, 5) is 14.7. The minimum absolute atomic E-state index is 0.0178. The zero-order valence-electron chi connectivity index (χ0n) is 16.5. The van der Waals surface area contributed by atoms with E-state index in [0.29, 0.717) is 12.3 Å². The summed E-state index contributed by atoms with van der Waals surface area (Å²) in [5.41, 5.74) is 2.42. The number of carbonyl (C=O) groups is 1. The highest BCUT2D eigenvalue weighted by Gasteiger charge is 2.23. The van der Waals surface area contributed by atoms with Crippen molar-refractivity contribution in [3.63, 3.8) is 0 Å². The summed E-state index contributed by atoms with van der Waals surface area (Å²) in [6, 6.07) is 15.8. The number of aryl methyl sites for hydroxylation is 1. The molecule has 1 aliphatic rings. The Bertz CT molecular complexity index is 740. The van der Waals surface area contributed by atoms with Crippen molar-refractivity contribution >= 4 is 5.91 Å². The molecule has 1 heterocycles. The first kappa shape index (κ1) is 20.2. The fourth-order valence-electron chi connectivity index (χ4n) is 3.22. The van der Waals surface area contributed by atoms with E-state index in [9.17, 15) is 4.79 Å². The highest BCUT2D eigenvalue weighted by atomic mass is 16.5. The van der Waals surface area contributed by atoms with Gasteiger partial charge < -0.3 is 19.5 Å². The molecular formula is C22H28N2O4. The van der Waals surface area contributed by atoms with Gasteiger partial charge in [0.1, 0.15) is 11.5 Å². The number of nitrogens with one attached hydrogen (secondary N) is 1. The molecular weight excluding hydrogens is 356 g/mol. The molecule has 1 N–H and O–H groups in total. The normalized spacial score (nSPS) is 15.6. The lowest BCUT2D eigenvalue weighted by atomic mass is 10.0. The largest absolute Gasteiger partial charge is 0.497 e. The summed E-state index contributed by atoms with van der Waals surface area (Å²) < 4.78 is 16.2. The van der Waals surface area contributed by atoms with Crippen LogP contribution in [-0.4, -0.2) is 57.4 Å². The monoisotopic (exact) mass is 384 g/mol. The van der Waals surface area contributed by atoms with Crippen molar-refractivity contribution in [1.82, 2.24) is 10.2 Å². The maximum absolute atomic E-state index is 12.3. The molecule has 1 fully saturated rings. The van der Waals surface area contributed by atoms with Crippen LogP contribution in [0.5, 0.6) is 11.5 Å². The van der Waals surface area contributed by atoms with Crippen LogP contribution in [0, 0.1) is 6.92 Å². The number of hydrogen-bond acceptors (Lipinski definition) is 5. The second-order valence-electron chi connectivity index (χ2n) is 6.84.